The van der Waals surface area contributed by atoms with Gasteiger partial charge in [0.25, 0.3) is 5.91 Å². The highest BCUT2D eigenvalue weighted by molar-refractivity contribution is 7.98. The highest BCUT2D eigenvalue weighted by atomic mass is 32.2. The van der Waals surface area contributed by atoms with Gasteiger partial charge in [0.05, 0.1) is 0 Å². The number of aromatic nitrogens is 2. The number of anilines is 1. The van der Waals surface area contributed by atoms with Gasteiger partial charge in [0, 0.05) is 54.2 Å². The molecule has 0 N–H and O–H groups in total. The molecule has 1 aliphatic heterocycles. The zero-order chi connectivity index (χ0) is 20.9. The molecule has 0 saturated carbocycles. The van der Waals surface area contributed by atoms with Crippen molar-refractivity contribution < 1.29 is 4.79 Å². The highest BCUT2D eigenvalue weighted by Gasteiger charge is 2.23. The second-order valence-electron chi connectivity index (χ2n) is 7.49. The van der Waals surface area contributed by atoms with E-state index in [9.17, 15) is 4.79 Å². The number of carbonyl (C=O) groups is 1. The van der Waals surface area contributed by atoms with Gasteiger partial charge >= 0.3 is 0 Å². The number of amides is 1. The first-order valence-corrected chi connectivity index (χ1v) is 11.2. The summed E-state index contributed by atoms with van der Waals surface area (Å²) in [6.45, 7) is 6.87. The lowest BCUT2D eigenvalue weighted by Crippen LogP contribution is -2.49. The lowest BCUT2D eigenvalue weighted by molar-refractivity contribution is 0.0746. The van der Waals surface area contributed by atoms with Crippen LogP contribution in [0, 0.1) is 13.8 Å². The fourth-order valence-corrected chi connectivity index (χ4v) is 4.47. The number of rotatable bonds is 5. The molecule has 1 aromatic heterocycles. The Morgan fingerprint density at radius 3 is 2.30 bits per heavy atom. The molecule has 1 aliphatic rings. The van der Waals surface area contributed by atoms with Crippen LogP contribution in [0.1, 0.15) is 27.4 Å². The molecular weight excluding hydrogens is 392 g/mol. The Kier molecular flexibility index (Phi) is 6.33. The number of piperazine rings is 1. The first kappa shape index (κ1) is 20.4. The SMILES string of the molecule is Cc1cc(N2CCN(C(=O)c3ccc(SCc4ccccc4)cc3)CC2)nc(C)n1. The number of hydrogen-bond acceptors (Lipinski definition) is 5. The fraction of sp³-hybridized carbons (Fsp3) is 0.292. The number of hydrogen-bond donors (Lipinski definition) is 0. The molecule has 5 nitrogen and oxygen atoms in total. The van der Waals surface area contributed by atoms with Crippen molar-refractivity contribution in [1.29, 1.82) is 0 Å². The maximum absolute atomic E-state index is 12.9. The lowest BCUT2D eigenvalue weighted by atomic mass is 10.2. The Morgan fingerprint density at radius 2 is 1.63 bits per heavy atom. The van der Waals surface area contributed by atoms with E-state index in [2.05, 4.69) is 39.1 Å². The van der Waals surface area contributed by atoms with Gasteiger partial charge in [-0.25, -0.2) is 9.97 Å². The maximum Gasteiger partial charge on any atom is 0.253 e. The average Bonchev–Trinajstić information content (AvgIpc) is 2.78. The maximum atomic E-state index is 12.9. The van der Waals surface area contributed by atoms with Crippen LogP contribution in [0.15, 0.2) is 65.6 Å². The third-order valence-electron chi connectivity index (χ3n) is 5.19. The van der Waals surface area contributed by atoms with Crippen molar-refractivity contribution in [2.24, 2.45) is 0 Å². The Morgan fingerprint density at radius 1 is 0.933 bits per heavy atom. The number of benzene rings is 2. The summed E-state index contributed by atoms with van der Waals surface area (Å²) in [5.41, 5.74) is 3.03. The van der Waals surface area contributed by atoms with Crippen LogP contribution in [0.2, 0.25) is 0 Å². The van der Waals surface area contributed by atoms with E-state index in [0.717, 1.165) is 41.7 Å². The average molecular weight is 419 g/mol. The van der Waals surface area contributed by atoms with Gasteiger partial charge in [-0.2, -0.15) is 0 Å². The first-order chi connectivity index (χ1) is 14.6. The molecule has 0 radical (unpaired) electrons. The predicted octanol–water partition coefficient (Wildman–Crippen LogP) is 4.35. The smallest absolute Gasteiger partial charge is 0.253 e. The number of nitrogens with zero attached hydrogens (tertiary/aromatic N) is 4. The molecular formula is C24H26N4OS. The van der Waals surface area contributed by atoms with E-state index in [1.54, 1.807) is 11.8 Å². The lowest BCUT2D eigenvalue weighted by Gasteiger charge is -2.35. The van der Waals surface area contributed by atoms with Gasteiger partial charge in [0.15, 0.2) is 0 Å². The molecule has 1 amide bonds. The van der Waals surface area contributed by atoms with Gasteiger partial charge < -0.3 is 9.80 Å². The van der Waals surface area contributed by atoms with Crippen LogP contribution >= 0.6 is 11.8 Å². The Bertz CT molecular complexity index is 979. The fourth-order valence-electron chi connectivity index (χ4n) is 3.62. The van der Waals surface area contributed by atoms with E-state index in [-0.39, 0.29) is 5.91 Å². The van der Waals surface area contributed by atoms with Crippen molar-refractivity contribution in [2.45, 2.75) is 24.5 Å². The Balaban J connectivity index is 1.32. The minimum atomic E-state index is 0.101. The third-order valence-corrected chi connectivity index (χ3v) is 6.28. The topological polar surface area (TPSA) is 49.3 Å². The van der Waals surface area contributed by atoms with Gasteiger partial charge in [-0.15, -0.1) is 11.8 Å². The summed E-state index contributed by atoms with van der Waals surface area (Å²) in [7, 11) is 0. The quantitative estimate of drug-likeness (QED) is 0.577. The Labute approximate surface area is 182 Å². The molecule has 0 spiro atoms. The van der Waals surface area contributed by atoms with Crippen molar-refractivity contribution in [2.75, 3.05) is 31.1 Å². The molecule has 1 fully saturated rings. The number of thioether (sulfide) groups is 1. The summed E-state index contributed by atoms with van der Waals surface area (Å²) in [4.78, 5) is 27.1. The van der Waals surface area contributed by atoms with Gasteiger partial charge in [0.1, 0.15) is 11.6 Å². The van der Waals surface area contributed by atoms with E-state index in [4.69, 9.17) is 0 Å². The third kappa shape index (κ3) is 5.00. The molecule has 154 valence electrons. The molecule has 2 heterocycles. The van der Waals surface area contributed by atoms with E-state index in [1.807, 2.05) is 55.1 Å². The molecule has 30 heavy (non-hydrogen) atoms. The molecule has 0 aliphatic carbocycles. The van der Waals surface area contributed by atoms with Crippen molar-refractivity contribution in [1.82, 2.24) is 14.9 Å². The first-order valence-electron chi connectivity index (χ1n) is 10.2. The second-order valence-corrected chi connectivity index (χ2v) is 8.54. The molecule has 0 bridgehead atoms. The monoisotopic (exact) mass is 418 g/mol. The molecule has 3 aromatic rings. The van der Waals surface area contributed by atoms with Crippen molar-refractivity contribution in [3.63, 3.8) is 0 Å². The van der Waals surface area contributed by atoms with Crippen molar-refractivity contribution >= 4 is 23.5 Å². The van der Waals surface area contributed by atoms with Crippen LogP contribution in [0.5, 0.6) is 0 Å². The van der Waals surface area contributed by atoms with Crippen LogP contribution in [0.25, 0.3) is 0 Å². The van der Waals surface area contributed by atoms with Crippen LogP contribution in [0.3, 0.4) is 0 Å². The van der Waals surface area contributed by atoms with E-state index in [0.29, 0.717) is 13.1 Å². The summed E-state index contributed by atoms with van der Waals surface area (Å²) in [5.74, 6) is 2.77. The van der Waals surface area contributed by atoms with Gasteiger partial charge in [-0.3, -0.25) is 4.79 Å². The summed E-state index contributed by atoms with van der Waals surface area (Å²) in [6, 6.07) is 20.4. The zero-order valence-corrected chi connectivity index (χ0v) is 18.2. The summed E-state index contributed by atoms with van der Waals surface area (Å²) >= 11 is 1.79. The van der Waals surface area contributed by atoms with Crippen LogP contribution in [0.4, 0.5) is 5.82 Å². The minimum absolute atomic E-state index is 0.101. The summed E-state index contributed by atoms with van der Waals surface area (Å²) in [6.07, 6.45) is 0. The standard InChI is InChI=1S/C24H26N4OS/c1-18-16-23(26-19(2)25-18)27-12-14-28(15-13-27)24(29)21-8-10-22(11-9-21)30-17-20-6-4-3-5-7-20/h3-11,16H,12-15,17H2,1-2H3. The minimum Gasteiger partial charge on any atom is -0.353 e. The molecule has 2 aromatic carbocycles. The van der Waals surface area contributed by atoms with Gasteiger partial charge in [-0.1, -0.05) is 30.3 Å². The molecule has 6 heteroatoms. The number of aryl methyl sites for hydroxylation is 2. The largest absolute Gasteiger partial charge is 0.353 e. The highest BCUT2D eigenvalue weighted by Crippen LogP contribution is 2.24. The van der Waals surface area contributed by atoms with Crippen LogP contribution < -0.4 is 4.90 Å². The second kappa shape index (κ2) is 9.30. The molecule has 0 atom stereocenters. The number of carbonyl (C=O) groups excluding carboxylic acids is 1. The molecule has 0 unspecified atom stereocenters. The normalized spacial score (nSPS) is 14.1. The zero-order valence-electron chi connectivity index (χ0n) is 17.4. The summed E-state index contributed by atoms with van der Waals surface area (Å²) in [5, 5.41) is 0. The van der Waals surface area contributed by atoms with Gasteiger partial charge in [0.2, 0.25) is 0 Å². The predicted molar refractivity (Wildman–Crippen MR) is 122 cm³/mol. The van der Waals surface area contributed by atoms with Crippen molar-refractivity contribution in [3.05, 3.63) is 83.3 Å². The van der Waals surface area contributed by atoms with Crippen molar-refractivity contribution in [3.8, 4) is 0 Å². The van der Waals surface area contributed by atoms with Crippen LogP contribution in [-0.2, 0) is 5.75 Å². The van der Waals surface area contributed by atoms with Crippen LogP contribution in [-0.4, -0.2) is 47.0 Å². The van der Waals surface area contributed by atoms with E-state index < -0.39 is 0 Å². The van der Waals surface area contributed by atoms with E-state index >= 15 is 0 Å². The Hall–Kier alpha value is -2.86. The van der Waals surface area contributed by atoms with E-state index in [1.165, 1.54) is 10.5 Å². The molecule has 1 saturated heterocycles. The van der Waals surface area contributed by atoms with Gasteiger partial charge in [-0.05, 0) is 43.7 Å². The summed E-state index contributed by atoms with van der Waals surface area (Å²) < 4.78 is 0. The molecule has 4 rings (SSSR count).